The van der Waals surface area contributed by atoms with E-state index in [1.807, 2.05) is 19.2 Å². The molecule has 4 aliphatic carbocycles. The number of nitrogens with zero attached hydrogens (tertiary/aromatic N) is 5. The minimum absolute atomic E-state index is 0.0741. The van der Waals surface area contributed by atoms with Gasteiger partial charge in [0.2, 0.25) is 5.91 Å². The Balaban J connectivity index is 1.04. The predicted molar refractivity (Wildman–Crippen MR) is 160 cm³/mol. The lowest BCUT2D eigenvalue weighted by atomic mass is 9.54. The van der Waals surface area contributed by atoms with Crippen molar-refractivity contribution in [2.24, 2.45) is 23.7 Å². The zero-order valence-corrected chi connectivity index (χ0v) is 25.3. The van der Waals surface area contributed by atoms with E-state index < -0.39 is 0 Å². The topological polar surface area (TPSA) is 52.6 Å². The van der Waals surface area contributed by atoms with Crippen LogP contribution in [0, 0.1) is 44.4 Å². The molecule has 3 heterocycles. The summed E-state index contributed by atoms with van der Waals surface area (Å²) in [7, 11) is 0. The molecule has 6 aliphatic rings. The normalized spacial score (nSPS) is 34.1. The molecule has 1 aromatic heterocycles. The lowest BCUT2D eigenvalue weighted by Crippen LogP contribution is -2.61. The summed E-state index contributed by atoms with van der Waals surface area (Å²) in [5.74, 6) is 4.21. The van der Waals surface area contributed by atoms with Gasteiger partial charge in [0.1, 0.15) is 0 Å². The van der Waals surface area contributed by atoms with Crippen molar-refractivity contribution in [2.45, 2.75) is 88.3 Å². The Morgan fingerprint density at radius 2 is 1.65 bits per heavy atom. The Bertz CT molecular complexity index is 1220. The lowest BCUT2D eigenvalue weighted by molar-refractivity contribution is -0.140. The third-order valence-electron chi connectivity index (χ3n) is 10.8. The summed E-state index contributed by atoms with van der Waals surface area (Å²) in [4.78, 5) is 30.8. The molecule has 1 aromatic carbocycles. The number of benzene rings is 1. The fourth-order valence-corrected chi connectivity index (χ4v) is 10.3. The Hall–Kier alpha value is -1.96. The molecule has 6 nitrogen and oxygen atoms in total. The van der Waals surface area contributed by atoms with Crippen molar-refractivity contribution in [1.82, 2.24) is 24.7 Å². The van der Waals surface area contributed by atoms with Crippen molar-refractivity contribution in [3.8, 4) is 0 Å². The zero-order chi connectivity index (χ0) is 27.4. The molecule has 0 spiro atoms. The number of amides is 1. The molecule has 214 valence electrons. The van der Waals surface area contributed by atoms with Gasteiger partial charge < -0.3 is 4.90 Å². The molecule has 1 amide bonds. The van der Waals surface area contributed by atoms with Crippen LogP contribution >= 0.6 is 11.8 Å². The number of carbonyl (C=O) groups excluding carboxylic acids is 1. The SMILES string of the molecule is Cc1ccc(C)c(CN2C[C@@H](Sc3nccc(C)n3)C[C@H]2C(=O)N2CCN(C3C4CC5CC(C4)CC3C5)CC2)c1. The van der Waals surface area contributed by atoms with E-state index in [1.54, 1.807) is 11.8 Å². The van der Waals surface area contributed by atoms with E-state index in [0.29, 0.717) is 11.2 Å². The van der Waals surface area contributed by atoms with Gasteiger partial charge >= 0.3 is 0 Å². The molecule has 8 rings (SSSR count). The van der Waals surface area contributed by atoms with Crippen LogP contribution in [0.1, 0.15) is 60.9 Å². The van der Waals surface area contributed by atoms with Gasteiger partial charge in [0.05, 0.1) is 6.04 Å². The van der Waals surface area contributed by atoms with Crippen LogP contribution < -0.4 is 0 Å². The second kappa shape index (κ2) is 11.0. The first kappa shape index (κ1) is 26.9. The van der Waals surface area contributed by atoms with Crippen molar-refractivity contribution in [1.29, 1.82) is 0 Å². The summed E-state index contributed by atoms with van der Waals surface area (Å²) >= 11 is 1.74. The summed E-state index contributed by atoms with van der Waals surface area (Å²) in [6.07, 6.45) is 10.1. The average molecular weight is 560 g/mol. The molecular weight excluding hydrogens is 514 g/mol. The highest BCUT2D eigenvalue weighted by Gasteiger charge is 2.50. The lowest BCUT2D eigenvalue weighted by Gasteiger charge is -2.58. The number of likely N-dealkylation sites (tertiary alicyclic amines) is 1. The summed E-state index contributed by atoms with van der Waals surface area (Å²) in [6, 6.07) is 9.35. The number of piperazine rings is 1. The maximum Gasteiger partial charge on any atom is 0.240 e. The van der Waals surface area contributed by atoms with Gasteiger partial charge in [-0.25, -0.2) is 9.97 Å². The van der Waals surface area contributed by atoms with Crippen molar-refractivity contribution in [3.05, 3.63) is 52.8 Å². The van der Waals surface area contributed by atoms with Gasteiger partial charge in [-0.3, -0.25) is 14.6 Å². The summed E-state index contributed by atoms with van der Waals surface area (Å²) < 4.78 is 0. The first-order valence-electron chi connectivity index (χ1n) is 15.7. The zero-order valence-electron chi connectivity index (χ0n) is 24.5. The predicted octanol–water partition coefficient (Wildman–Crippen LogP) is 5.11. The quantitative estimate of drug-likeness (QED) is 0.459. The molecule has 4 bridgehead atoms. The van der Waals surface area contributed by atoms with E-state index >= 15 is 0 Å². The Morgan fingerprint density at radius 1 is 0.925 bits per heavy atom. The van der Waals surface area contributed by atoms with E-state index in [-0.39, 0.29) is 6.04 Å². The van der Waals surface area contributed by atoms with E-state index in [9.17, 15) is 4.79 Å². The Kier molecular flexibility index (Phi) is 7.42. The van der Waals surface area contributed by atoms with Crippen molar-refractivity contribution in [2.75, 3.05) is 32.7 Å². The van der Waals surface area contributed by atoms with E-state index in [0.717, 1.165) is 86.3 Å². The highest BCUT2D eigenvalue weighted by molar-refractivity contribution is 7.99. The smallest absolute Gasteiger partial charge is 0.240 e. The van der Waals surface area contributed by atoms with Gasteiger partial charge in [0.25, 0.3) is 0 Å². The van der Waals surface area contributed by atoms with Gasteiger partial charge in [-0.1, -0.05) is 35.5 Å². The Morgan fingerprint density at radius 3 is 2.35 bits per heavy atom. The van der Waals surface area contributed by atoms with Gasteiger partial charge in [-0.15, -0.1) is 0 Å². The molecule has 2 saturated heterocycles. The first-order valence-corrected chi connectivity index (χ1v) is 16.6. The summed E-state index contributed by atoms with van der Waals surface area (Å²) in [5, 5.41) is 1.14. The van der Waals surface area contributed by atoms with Gasteiger partial charge in [-0.05, 0) is 100 Å². The van der Waals surface area contributed by atoms with Crippen LogP contribution in [0.25, 0.3) is 0 Å². The number of thioether (sulfide) groups is 1. The molecule has 0 radical (unpaired) electrons. The highest BCUT2D eigenvalue weighted by atomic mass is 32.2. The van der Waals surface area contributed by atoms with Crippen LogP contribution in [0.3, 0.4) is 0 Å². The van der Waals surface area contributed by atoms with Crippen LogP contribution in [-0.2, 0) is 11.3 Å². The van der Waals surface area contributed by atoms with Crippen molar-refractivity contribution >= 4 is 17.7 Å². The minimum atomic E-state index is -0.0741. The maximum absolute atomic E-state index is 14.2. The van der Waals surface area contributed by atoms with Crippen LogP contribution in [-0.4, -0.2) is 80.6 Å². The number of aromatic nitrogens is 2. The third-order valence-corrected chi connectivity index (χ3v) is 11.9. The van der Waals surface area contributed by atoms with Crippen molar-refractivity contribution in [3.63, 3.8) is 0 Å². The van der Waals surface area contributed by atoms with Gasteiger partial charge in [0, 0.05) is 62.5 Å². The molecule has 7 heteroatoms. The second-order valence-corrected chi connectivity index (χ2v) is 14.9. The molecule has 40 heavy (non-hydrogen) atoms. The van der Waals surface area contributed by atoms with Crippen molar-refractivity contribution < 1.29 is 4.79 Å². The Labute approximate surface area is 244 Å². The van der Waals surface area contributed by atoms with Gasteiger partial charge in [0.15, 0.2) is 5.16 Å². The molecule has 0 N–H and O–H groups in total. The number of hydrogen-bond acceptors (Lipinski definition) is 6. The molecule has 0 unspecified atom stereocenters. The van der Waals surface area contributed by atoms with E-state index in [2.05, 4.69) is 56.7 Å². The fraction of sp³-hybridized carbons (Fsp3) is 0.667. The fourth-order valence-electron chi connectivity index (χ4n) is 9.14. The molecule has 4 saturated carbocycles. The summed E-state index contributed by atoms with van der Waals surface area (Å²) in [6.45, 7) is 12.0. The van der Waals surface area contributed by atoms with Crippen LogP contribution in [0.5, 0.6) is 0 Å². The number of hydrogen-bond donors (Lipinski definition) is 0. The number of carbonyl (C=O) groups is 1. The highest BCUT2D eigenvalue weighted by Crippen LogP contribution is 2.55. The van der Waals surface area contributed by atoms with E-state index in [4.69, 9.17) is 0 Å². The molecule has 2 aliphatic heterocycles. The molecule has 2 atom stereocenters. The van der Waals surface area contributed by atoms with Crippen LogP contribution in [0.4, 0.5) is 0 Å². The van der Waals surface area contributed by atoms with Crippen LogP contribution in [0.15, 0.2) is 35.6 Å². The van der Waals surface area contributed by atoms with Crippen LogP contribution in [0.2, 0.25) is 0 Å². The number of aryl methyl sites for hydroxylation is 3. The minimum Gasteiger partial charge on any atom is -0.339 e. The second-order valence-electron chi connectivity index (χ2n) is 13.6. The summed E-state index contributed by atoms with van der Waals surface area (Å²) in [5.41, 5.74) is 4.91. The molecular formula is C33H45N5OS. The average Bonchev–Trinajstić information content (AvgIpc) is 3.32. The number of rotatable bonds is 6. The standard InChI is InChI=1S/C33H45N5OS/c1-21-4-5-22(2)28(12-21)19-38-20-29(40-33-34-7-6-23(3)35-33)18-30(38)32(39)37-10-8-36(9-11-37)31-26-14-24-13-25(16-26)17-27(31)15-24/h4-7,12,24-27,29-31H,8-11,13-20H2,1-3H3/t24?,25?,26?,27?,29-,30-,31?/m0/s1. The third kappa shape index (κ3) is 5.34. The largest absolute Gasteiger partial charge is 0.339 e. The maximum atomic E-state index is 14.2. The molecule has 6 fully saturated rings. The van der Waals surface area contributed by atoms with Gasteiger partial charge in [-0.2, -0.15) is 0 Å². The van der Waals surface area contributed by atoms with E-state index in [1.165, 1.54) is 48.8 Å². The molecule has 2 aromatic rings. The monoisotopic (exact) mass is 559 g/mol. The first-order chi connectivity index (χ1) is 19.4.